The Morgan fingerprint density at radius 3 is 2.50 bits per heavy atom. The average molecular weight is 279 g/mol. The minimum absolute atomic E-state index is 0.0875. The fourth-order valence-corrected chi connectivity index (χ4v) is 2.25. The van der Waals surface area contributed by atoms with Crippen LogP contribution in [0.2, 0.25) is 0 Å². The van der Waals surface area contributed by atoms with Gasteiger partial charge < -0.3 is 4.74 Å². The van der Waals surface area contributed by atoms with Crippen LogP contribution in [0.3, 0.4) is 0 Å². The maximum Gasteiger partial charge on any atom is 0.573 e. The first-order valence-corrected chi connectivity index (χ1v) is 6.33. The molecule has 0 N–H and O–H groups in total. The van der Waals surface area contributed by atoms with Crippen molar-refractivity contribution in [3.63, 3.8) is 0 Å². The van der Waals surface area contributed by atoms with E-state index in [0.29, 0.717) is 16.7 Å². The monoisotopic (exact) mass is 279 g/mol. The van der Waals surface area contributed by atoms with Crippen LogP contribution in [0.4, 0.5) is 13.2 Å². The smallest absolute Gasteiger partial charge is 0.405 e. The zero-order valence-electron chi connectivity index (χ0n) is 10.5. The van der Waals surface area contributed by atoms with Crippen LogP contribution in [0.1, 0.15) is 24.3 Å². The Bertz CT molecular complexity index is 606. The lowest BCUT2D eigenvalue weighted by Gasteiger charge is -2.17. The fraction of sp³-hybridized carbons (Fsp3) is 0.267. The third-order valence-electron chi connectivity index (χ3n) is 3.25. The van der Waals surface area contributed by atoms with Gasteiger partial charge in [-0.2, -0.15) is 0 Å². The number of hydrogen-bond donors (Lipinski definition) is 0. The second-order valence-electron chi connectivity index (χ2n) is 4.79. The highest BCUT2D eigenvalue weighted by Gasteiger charge is 2.36. The minimum Gasteiger partial charge on any atom is -0.405 e. The van der Waals surface area contributed by atoms with E-state index < -0.39 is 6.36 Å². The van der Waals surface area contributed by atoms with Gasteiger partial charge in [-0.3, -0.25) is 4.98 Å². The molecule has 0 bridgehead atoms. The molecule has 0 spiro atoms. The molecule has 0 aliphatic heterocycles. The number of pyridine rings is 1. The molecule has 1 aliphatic carbocycles. The predicted molar refractivity (Wildman–Crippen MR) is 68.3 cm³/mol. The molecule has 2 aromatic rings. The van der Waals surface area contributed by atoms with E-state index in [4.69, 9.17) is 0 Å². The number of hydrogen-bond acceptors (Lipinski definition) is 2. The van der Waals surface area contributed by atoms with E-state index in [1.807, 2.05) is 0 Å². The van der Waals surface area contributed by atoms with E-state index in [1.54, 1.807) is 36.5 Å². The molecule has 1 saturated carbocycles. The minimum atomic E-state index is -4.69. The lowest BCUT2D eigenvalue weighted by Crippen LogP contribution is -2.18. The first-order valence-electron chi connectivity index (χ1n) is 6.33. The van der Waals surface area contributed by atoms with Crippen molar-refractivity contribution >= 4 is 0 Å². The summed E-state index contributed by atoms with van der Waals surface area (Å²) in [5, 5.41) is 0. The summed E-state index contributed by atoms with van der Waals surface area (Å²) >= 11 is 0. The summed E-state index contributed by atoms with van der Waals surface area (Å²) in [5.41, 5.74) is 1.68. The van der Waals surface area contributed by atoms with E-state index in [0.717, 1.165) is 12.8 Å². The zero-order chi connectivity index (χ0) is 14.2. The highest BCUT2D eigenvalue weighted by atomic mass is 19.4. The Labute approximate surface area is 114 Å². The summed E-state index contributed by atoms with van der Waals surface area (Å²) in [6.07, 6.45) is 0.241. The van der Waals surface area contributed by atoms with Crippen molar-refractivity contribution in [3.05, 3.63) is 48.3 Å². The first-order chi connectivity index (χ1) is 9.54. The quantitative estimate of drug-likeness (QED) is 0.823. The van der Waals surface area contributed by atoms with Crippen LogP contribution in [0.25, 0.3) is 11.1 Å². The van der Waals surface area contributed by atoms with E-state index in [9.17, 15) is 13.2 Å². The van der Waals surface area contributed by atoms with Gasteiger partial charge in [0.2, 0.25) is 0 Å². The summed E-state index contributed by atoms with van der Waals surface area (Å²) in [6.45, 7) is 0. The highest BCUT2D eigenvalue weighted by molar-refractivity contribution is 5.72. The van der Waals surface area contributed by atoms with Gasteiger partial charge in [-0.15, -0.1) is 13.2 Å². The van der Waals surface area contributed by atoms with Gasteiger partial charge in [0.15, 0.2) is 0 Å². The van der Waals surface area contributed by atoms with Crippen molar-refractivity contribution < 1.29 is 17.9 Å². The van der Waals surface area contributed by atoms with E-state index in [1.165, 1.54) is 6.20 Å². The largest absolute Gasteiger partial charge is 0.573 e. The van der Waals surface area contributed by atoms with Crippen LogP contribution < -0.4 is 4.74 Å². The van der Waals surface area contributed by atoms with E-state index >= 15 is 0 Å². The Hall–Kier alpha value is -2.04. The number of nitrogens with zero attached hydrogens (tertiary/aromatic N) is 1. The van der Waals surface area contributed by atoms with Gasteiger partial charge in [-0.05, 0) is 30.4 Å². The van der Waals surface area contributed by atoms with Crippen molar-refractivity contribution in [2.45, 2.75) is 25.1 Å². The lowest BCUT2D eigenvalue weighted by atomic mass is 10.0. The number of ether oxygens (including phenoxy) is 1. The third-order valence-corrected chi connectivity index (χ3v) is 3.25. The van der Waals surface area contributed by atoms with Gasteiger partial charge in [0.1, 0.15) is 5.75 Å². The average Bonchev–Trinajstić information content (AvgIpc) is 3.22. The first kappa shape index (κ1) is 13.0. The Balaban J connectivity index is 2.11. The second kappa shape index (κ2) is 4.81. The summed E-state index contributed by atoms with van der Waals surface area (Å²) in [5.74, 6) is 0.0828. The second-order valence-corrected chi connectivity index (χ2v) is 4.79. The topological polar surface area (TPSA) is 22.1 Å². The molecule has 0 amide bonds. The number of benzene rings is 1. The van der Waals surface area contributed by atoms with E-state index in [-0.39, 0.29) is 11.7 Å². The Kier molecular flexibility index (Phi) is 3.12. The molecule has 3 rings (SSSR count). The molecule has 0 radical (unpaired) electrons. The summed E-state index contributed by atoms with van der Waals surface area (Å²) in [7, 11) is 0. The number of aromatic nitrogens is 1. The molecule has 104 valence electrons. The molecule has 2 nitrogen and oxygen atoms in total. The molecule has 1 aromatic heterocycles. The maximum atomic E-state index is 12.7. The van der Waals surface area contributed by atoms with Gasteiger partial charge in [-0.25, -0.2) is 0 Å². The summed E-state index contributed by atoms with van der Waals surface area (Å²) in [4.78, 5) is 3.95. The van der Waals surface area contributed by atoms with Crippen LogP contribution in [0, 0.1) is 0 Å². The van der Waals surface area contributed by atoms with Gasteiger partial charge >= 0.3 is 6.36 Å². The maximum absolute atomic E-state index is 12.7. The SMILES string of the molecule is FC(F)(F)Oc1c(-c2cccnc2)cccc1C1CC1. The van der Waals surface area contributed by atoms with Crippen LogP contribution in [-0.2, 0) is 0 Å². The molecule has 5 heteroatoms. The highest BCUT2D eigenvalue weighted by Crippen LogP contribution is 2.48. The molecule has 20 heavy (non-hydrogen) atoms. The van der Waals surface area contributed by atoms with Crippen molar-refractivity contribution in [2.75, 3.05) is 0 Å². The summed E-state index contributed by atoms with van der Waals surface area (Å²) < 4.78 is 42.3. The molecule has 1 fully saturated rings. The zero-order valence-corrected chi connectivity index (χ0v) is 10.5. The molecule has 0 unspecified atom stereocenters. The van der Waals surface area contributed by atoms with Gasteiger partial charge in [-0.1, -0.05) is 24.3 Å². The summed E-state index contributed by atoms with van der Waals surface area (Å²) in [6, 6.07) is 8.51. The lowest BCUT2D eigenvalue weighted by molar-refractivity contribution is -0.274. The molecule has 1 aromatic carbocycles. The molecule has 0 atom stereocenters. The van der Waals surface area contributed by atoms with Gasteiger partial charge in [0.05, 0.1) is 0 Å². The van der Waals surface area contributed by atoms with Crippen molar-refractivity contribution in [2.24, 2.45) is 0 Å². The van der Waals surface area contributed by atoms with Crippen LogP contribution in [0.5, 0.6) is 5.75 Å². The van der Waals surface area contributed by atoms with Crippen LogP contribution >= 0.6 is 0 Å². The van der Waals surface area contributed by atoms with Crippen LogP contribution in [-0.4, -0.2) is 11.3 Å². The third kappa shape index (κ3) is 2.76. The Morgan fingerprint density at radius 1 is 1.10 bits per heavy atom. The van der Waals surface area contributed by atoms with E-state index in [2.05, 4.69) is 9.72 Å². The van der Waals surface area contributed by atoms with Gasteiger partial charge in [0, 0.05) is 23.5 Å². The standard InChI is InChI=1S/C15H12F3NO/c16-15(17,18)20-14-12(10-6-7-10)4-1-5-13(14)11-3-2-8-19-9-11/h1-5,8-10H,6-7H2. The molecule has 1 aliphatic rings. The molecular weight excluding hydrogens is 267 g/mol. The van der Waals surface area contributed by atoms with Gasteiger partial charge in [0.25, 0.3) is 0 Å². The number of rotatable bonds is 3. The molecular formula is C15H12F3NO. The molecule has 0 saturated heterocycles. The number of para-hydroxylation sites is 1. The predicted octanol–water partition coefficient (Wildman–Crippen LogP) is 4.52. The van der Waals surface area contributed by atoms with Crippen molar-refractivity contribution in [3.8, 4) is 16.9 Å². The molecule has 1 heterocycles. The Morgan fingerprint density at radius 2 is 1.90 bits per heavy atom. The van der Waals surface area contributed by atoms with Crippen LogP contribution in [0.15, 0.2) is 42.7 Å². The number of halogens is 3. The van der Waals surface area contributed by atoms with Crippen molar-refractivity contribution in [1.82, 2.24) is 4.98 Å². The normalized spacial score (nSPS) is 15.2. The fourth-order valence-electron chi connectivity index (χ4n) is 2.25. The van der Waals surface area contributed by atoms with Crippen molar-refractivity contribution in [1.29, 1.82) is 0 Å². The number of alkyl halides is 3.